The van der Waals surface area contributed by atoms with Crippen molar-refractivity contribution >= 4 is 22.9 Å². The first-order valence-electron chi connectivity index (χ1n) is 7.88. The van der Waals surface area contributed by atoms with E-state index in [0.717, 1.165) is 24.5 Å². The minimum atomic E-state index is -0.121. The molecule has 124 valence electrons. The Bertz CT molecular complexity index is 641. The number of amides is 1. The summed E-state index contributed by atoms with van der Waals surface area (Å²) < 4.78 is 0. The molecule has 0 aliphatic rings. The van der Waals surface area contributed by atoms with Crippen LogP contribution < -0.4 is 16.0 Å². The molecule has 0 saturated carbocycles. The Morgan fingerprint density at radius 2 is 2.26 bits per heavy atom. The van der Waals surface area contributed by atoms with E-state index in [1.165, 1.54) is 22.6 Å². The zero-order valence-corrected chi connectivity index (χ0v) is 14.5. The Morgan fingerprint density at radius 1 is 1.43 bits per heavy atom. The second-order valence-corrected chi connectivity index (χ2v) is 6.28. The van der Waals surface area contributed by atoms with Gasteiger partial charge >= 0.3 is 0 Å². The molecule has 1 aromatic heterocycles. The lowest BCUT2D eigenvalue weighted by Gasteiger charge is -2.23. The van der Waals surface area contributed by atoms with Crippen molar-refractivity contribution < 1.29 is 4.79 Å². The largest absolute Gasteiger partial charge is 0.370 e. The molecule has 2 aromatic rings. The van der Waals surface area contributed by atoms with Crippen LogP contribution in [0.2, 0.25) is 0 Å². The van der Waals surface area contributed by atoms with Crippen LogP contribution in [0.3, 0.4) is 0 Å². The molecule has 0 radical (unpaired) electrons. The fraction of sp³-hybridized carbons (Fsp3) is 0.412. The van der Waals surface area contributed by atoms with Crippen LogP contribution in [0.25, 0.3) is 0 Å². The van der Waals surface area contributed by atoms with Crippen LogP contribution in [0, 0.1) is 6.92 Å². The standard InChI is InChI=1S/C17H24N4OS/c1-3-21(14-6-4-5-13(2)11-14)10-9-19-17(22)15-12-23-16(20-15)7-8-18/h4-6,11-12H,3,7-10,18H2,1-2H3,(H,19,22). The average molecular weight is 332 g/mol. The molecule has 2 rings (SSSR count). The average Bonchev–Trinajstić information content (AvgIpc) is 3.00. The van der Waals surface area contributed by atoms with E-state index < -0.39 is 0 Å². The van der Waals surface area contributed by atoms with Crippen LogP contribution >= 0.6 is 11.3 Å². The lowest BCUT2D eigenvalue weighted by molar-refractivity contribution is 0.0950. The van der Waals surface area contributed by atoms with Crippen LogP contribution in [-0.4, -0.2) is 37.1 Å². The van der Waals surface area contributed by atoms with Gasteiger partial charge in [-0.2, -0.15) is 0 Å². The number of nitrogens with one attached hydrogen (secondary N) is 1. The molecule has 5 nitrogen and oxygen atoms in total. The van der Waals surface area contributed by atoms with Crippen molar-refractivity contribution in [3.63, 3.8) is 0 Å². The molecular weight excluding hydrogens is 308 g/mol. The maximum absolute atomic E-state index is 12.1. The van der Waals surface area contributed by atoms with E-state index in [9.17, 15) is 4.79 Å². The molecule has 6 heteroatoms. The molecule has 1 amide bonds. The van der Waals surface area contributed by atoms with Crippen molar-refractivity contribution in [1.82, 2.24) is 10.3 Å². The molecule has 1 heterocycles. The molecule has 0 spiro atoms. The summed E-state index contributed by atoms with van der Waals surface area (Å²) in [6, 6.07) is 8.39. The maximum Gasteiger partial charge on any atom is 0.270 e. The summed E-state index contributed by atoms with van der Waals surface area (Å²) in [5.74, 6) is -0.121. The van der Waals surface area contributed by atoms with Gasteiger partial charge in [-0.1, -0.05) is 12.1 Å². The van der Waals surface area contributed by atoms with Crippen LogP contribution in [0.15, 0.2) is 29.6 Å². The molecule has 0 unspecified atom stereocenters. The van der Waals surface area contributed by atoms with Gasteiger partial charge in [-0.25, -0.2) is 4.98 Å². The predicted octanol–water partition coefficient (Wildman–Crippen LogP) is 2.21. The molecule has 23 heavy (non-hydrogen) atoms. The highest BCUT2D eigenvalue weighted by Crippen LogP contribution is 2.15. The maximum atomic E-state index is 12.1. The van der Waals surface area contributed by atoms with Gasteiger partial charge in [0, 0.05) is 37.1 Å². The SMILES string of the molecule is CCN(CCNC(=O)c1csc(CCN)n1)c1cccc(C)c1. The molecule has 0 bridgehead atoms. The zero-order chi connectivity index (χ0) is 16.7. The lowest BCUT2D eigenvalue weighted by Crippen LogP contribution is -2.35. The van der Waals surface area contributed by atoms with Gasteiger partial charge in [-0.3, -0.25) is 4.79 Å². The summed E-state index contributed by atoms with van der Waals surface area (Å²) in [6.07, 6.45) is 0.717. The number of anilines is 1. The first-order valence-corrected chi connectivity index (χ1v) is 8.76. The third kappa shape index (κ3) is 5.04. The number of benzene rings is 1. The fourth-order valence-electron chi connectivity index (χ4n) is 2.34. The van der Waals surface area contributed by atoms with Gasteiger partial charge in [0.25, 0.3) is 5.91 Å². The third-order valence-corrected chi connectivity index (χ3v) is 4.47. The molecule has 1 aromatic carbocycles. The van der Waals surface area contributed by atoms with Crippen LogP contribution in [-0.2, 0) is 6.42 Å². The summed E-state index contributed by atoms with van der Waals surface area (Å²) in [7, 11) is 0. The van der Waals surface area contributed by atoms with Crippen molar-refractivity contribution in [3.8, 4) is 0 Å². The van der Waals surface area contributed by atoms with Crippen LogP contribution in [0.5, 0.6) is 0 Å². The minimum absolute atomic E-state index is 0.121. The Morgan fingerprint density at radius 3 is 2.96 bits per heavy atom. The van der Waals surface area contributed by atoms with E-state index in [1.807, 2.05) is 0 Å². The van der Waals surface area contributed by atoms with Crippen LogP contribution in [0.1, 0.15) is 28.0 Å². The first-order chi connectivity index (χ1) is 11.1. The number of nitrogens with two attached hydrogens (primary N) is 1. The number of aromatic nitrogens is 1. The first kappa shape index (κ1) is 17.4. The van der Waals surface area contributed by atoms with Gasteiger partial charge in [0.05, 0.1) is 5.01 Å². The van der Waals surface area contributed by atoms with Crippen molar-refractivity contribution in [1.29, 1.82) is 0 Å². The van der Waals surface area contributed by atoms with Crippen molar-refractivity contribution in [2.75, 3.05) is 31.1 Å². The van der Waals surface area contributed by atoms with Gasteiger partial charge in [0.15, 0.2) is 0 Å². The minimum Gasteiger partial charge on any atom is -0.370 e. The van der Waals surface area contributed by atoms with Gasteiger partial charge in [-0.15, -0.1) is 11.3 Å². The molecule has 0 atom stereocenters. The third-order valence-electron chi connectivity index (χ3n) is 3.56. The van der Waals surface area contributed by atoms with Crippen LogP contribution in [0.4, 0.5) is 5.69 Å². The number of likely N-dealkylation sites (N-methyl/N-ethyl adjacent to an activating group) is 1. The summed E-state index contributed by atoms with van der Waals surface area (Å²) in [5.41, 5.74) is 8.40. The van der Waals surface area contributed by atoms with E-state index in [2.05, 4.69) is 53.3 Å². The smallest absolute Gasteiger partial charge is 0.270 e. The summed E-state index contributed by atoms with van der Waals surface area (Å²) in [5, 5.41) is 5.64. The number of carbonyl (C=O) groups is 1. The van der Waals surface area contributed by atoms with E-state index in [4.69, 9.17) is 5.73 Å². The van der Waals surface area contributed by atoms with E-state index >= 15 is 0 Å². The summed E-state index contributed by atoms with van der Waals surface area (Å²) in [6.45, 7) is 7.01. The second kappa shape index (κ2) is 8.64. The fourth-order valence-corrected chi connectivity index (χ4v) is 3.14. The summed E-state index contributed by atoms with van der Waals surface area (Å²) >= 11 is 1.48. The number of aryl methyl sites for hydroxylation is 1. The highest BCUT2D eigenvalue weighted by molar-refractivity contribution is 7.09. The van der Waals surface area contributed by atoms with E-state index in [-0.39, 0.29) is 5.91 Å². The molecule has 0 aliphatic carbocycles. The Hall–Kier alpha value is -1.92. The number of thiazole rings is 1. The van der Waals surface area contributed by atoms with Crippen molar-refractivity contribution in [2.24, 2.45) is 5.73 Å². The van der Waals surface area contributed by atoms with Gasteiger partial charge in [-0.05, 0) is 38.1 Å². The van der Waals surface area contributed by atoms with Crippen molar-refractivity contribution in [3.05, 3.63) is 45.9 Å². The molecule has 0 saturated heterocycles. The van der Waals surface area contributed by atoms with E-state index in [1.54, 1.807) is 5.38 Å². The number of carbonyl (C=O) groups excluding carboxylic acids is 1. The Labute approximate surface area is 141 Å². The summed E-state index contributed by atoms with van der Waals surface area (Å²) in [4.78, 5) is 18.7. The number of nitrogens with zero attached hydrogens (tertiary/aromatic N) is 2. The van der Waals surface area contributed by atoms with Gasteiger partial charge < -0.3 is 16.0 Å². The quantitative estimate of drug-likeness (QED) is 0.777. The number of hydrogen-bond donors (Lipinski definition) is 2. The van der Waals surface area contributed by atoms with Gasteiger partial charge in [0.2, 0.25) is 0 Å². The highest BCUT2D eigenvalue weighted by Gasteiger charge is 2.11. The topological polar surface area (TPSA) is 71.2 Å². The normalized spacial score (nSPS) is 10.6. The highest BCUT2D eigenvalue weighted by atomic mass is 32.1. The Balaban J connectivity index is 1.86. The van der Waals surface area contributed by atoms with Crippen molar-refractivity contribution in [2.45, 2.75) is 20.3 Å². The molecule has 0 fully saturated rings. The van der Waals surface area contributed by atoms with Gasteiger partial charge in [0.1, 0.15) is 5.69 Å². The number of rotatable bonds is 8. The zero-order valence-electron chi connectivity index (χ0n) is 13.7. The Kier molecular flexibility index (Phi) is 6.55. The second-order valence-electron chi connectivity index (χ2n) is 5.34. The van der Waals surface area contributed by atoms with E-state index in [0.29, 0.717) is 18.8 Å². The number of hydrogen-bond acceptors (Lipinski definition) is 5. The predicted molar refractivity (Wildman–Crippen MR) is 96.3 cm³/mol. The molecule has 3 N–H and O–H groups in total. The molecular formula is C17H24N4OS. The molecule has 0 aliphatic heterocycles. The monoisotopic (exact) mass is 332 g/mol. The lowest BCUT2D eigenvalue weighted by atomic mass is 10.2.